The summed E-state index contributed by atoms with van der Waals surface area (Å²) < 4.78 is 40.3. The lowest BCUT2D eigenvalue weighted by Gasteiger charge is -2.17. The number of halogens is 3. The van der Waals surface area contributed by atoms with Crippen LogP contribution in [0.3, 0.4) is 0 Å². The predicted octanol–water partition coefficient (Wildman–Crippen LogP) is 3.63. The summed E-state index contributed by atoms with van der Waals surface area (Å²) in [5.41, 5.74) is 0.0661. The van der Waals surface area contributed by atoms with Gasteiger partial charge in [-0.3, -0.25) is 9.59 Å². The first kappa shape index (κ1) is 19.9. The molecule has 9 heteroatoms. The molecule has 150 valence electrons. The van der Waals surface area contributed by atoms with Crippen LogP contribution in [0.5, 0.6) is 0 Å². The Hall–Kier alpha value is -2.84. The Morgan fingerprint density at radius 1 is 1.21 bits per heavy atom. The van der Waals surface area contributed by atoms with Crippen LogP contribution in [0.15, 0.2) is 24.3 Å². The van der Waals surface area contributed by atoms with Crippen molar-refractivity contribution in [1.29, 1.82) is 0 Å². The van der Waals surface area contributed by atoms with E-state index in [1.807, 2.05) is 6.92 Å². The molecule has 6 nitrogen and oxygen atoms in total. The number of carbonyl (C=O) groups excluding carboxylic acids is 2. The van der Waals surface area contributed by atoms with Gasteiger partial charge in [0.25, 0.3) is 11.8 Å². The third kappa shape index (κ3) is 4.18. The first-order valence-electron chi connectivity index (χ1n) is 9.17. The highest BCUT2D eigenvalue weighted by molar-refractivity contribution is 6.03. The SMILES string of the molecule is CCCNC(=O)c1nc(C(=O)Nc2cccc(C(F)(F)F)c2)n2c1CCCC2. The summed E-state index contributed by atoms with van der Waals surface area (Å²) in [5, 5.41) is 5.22. The van der Waals surface area contributed by atoms with Gasteiger partial charge in [0.1, 0.15) is 5.69 Å². The first-order chi connectivity index (χ1) is 13.3. The fourth-order valence-corrected chi connectivity index (χ4v) is 3.18. The van der Waals surface area contributed by atoms with Gasteiger partial charge in [-0.05, 0) is 43.9 Å². The molecule has 3 rings (SSSR count). The van der Waals surface area contributed by atoms with Crippen molar-refractivity contribution < 1.29 is 22.8 Å². The fraction of sp³-hybridized carbons (Fsp3) is 0.421. The zero-order valence-corrected chi connectivity index (χ0v) is 15.4. The van der Waals surface area contributed by atoms with Crippen molar-refractivity contribution in [3.63, 3.8) is 0 Å². The standard InChI is InChI=1S/C19H21F3N4O2/c1-2-9-23-17(27)15-14-8-3-4-10-26(14)16(25-15)18(28)24-13-7-5-6-12(11-13)19(20,21)22/h5-7,11H,2-4,8-10H2,1H3,(H,23,27)(H,24,28). The molecular weight excluding hydrogens is 373 g/mol. The predicted molar refractivity (Wildman–Crippen MR) is 97.2 cm³/mol. The molecule has 1 aromatic carbocycles. The molecule has 0 spiro atoms. The number of anilines is 1. The van der Waals surface area contributed by atoms with Crippen molar-refractivity contribution in [1.82, 2.24) is 14.9 Å². The number of amides is 2. The Morgan fingerprint density at radius 2 is 2.00 bits per heavy atom. The number of fused-ring (bicyclic) bond motifs is 1. The van der Waals surface area contributed by atoms with Crippen molar-refractivity contribution in [3.05, 3.63) is 47.0 Å². The normalized spacial score (nSPS) is 13.7. The van der Waals surface area contributed by atoms with Gasteiger partial charge in [-0.2, -0.15) is 13.2 Å². The number of nitrogens with one attached hydrogen (secondary N) is 2. The molecule has 1 aliphatic heterocycles. The van der Waals surface area contributed by atoms with Crippen LogP contribution < -0.4 is 10.6 Å². The van der Waals surface area contributed by atoms with E-state index in [0.717, 1.165) is 31.4 Å². The van der Waals surface area contributed by atoms with Crippen molar-refractivity contribution in [2.75, 3.05) is 11.9 Å². The molecule has 2 amide bonds. The third-order valence-electron chi connectivity index (χ3n) is 4.52. The van der Waals surface area contributed by atoms with Crippen LogP contribution in [0.2, 0.25) is 0 Å². The van der Waals surface area contributed by atoms with E-state index in [1.165, 1.54) is 12.1 Å². The van der Waals surface area contributed by atoms with Crippen LogP contribution >= 0.6 is 0 Å². The van der Waals surface area contributed by atoms with Crippen molar-refractivity contribution >= 4 is 17.5 Å². The number of hydrogen-bond acceptors (Lipinski definition) is 3. The molecule has 0 radical (unpaired) electrons. The van der Waals surface area contributed by atoms with E-state index in [4.69, 9.17) is 0 Å². The van der Waals surface area contributed by atoms with Crippen LogP contribution in [-0.4, -0.2) is 27.9 Å². The summed E-state index contributed by atoms with van der Waals surface area (Å²) in [4.78, 5) is 29.3. The lowest BCUT2D eigenvalue weighted by Crippen LogP contribution is -2.26. The highest BCUT2D eigenvalue weighted by atomic mass is 19.4. The van der Waals surface area contributed by atoms with Crippen LogP contribution in [0.4, 0.5) is 18.9 Å². The molecule has 0 bridgehead atoms. The zero-order chi connectivity index (χ0) is 20.3. The maximum Gasteiger partial charge on any atom is 0.416 e. The highest BCUT2D eigenvalue weighted by Gasteiger charge is 2.31. The molecule has 1 aromatic heterocycles. The minimum atomic E-state index is -4.50. The molecule has 0 unspecified atom stereocenters. The van der Waals surface area contributed by atoms with Crippen molar-refractivity contribution in [3.8, 4) is 0 Å². The third-order valence-corrected chi connectivity index (χ3v) is 4.52. The number of carbonyl (C=O) groups is 2. The van der Waals surface area contributed by atoms with Gasteiger partial charge < -0.3 is 15.2 Å². The minimum absolute atomic E-state index is 0.0185. The van der Waals surface area contributed by atoms with Gasteiger partial charge >= 0.3 is 6.18 Å². The topological polar surface area (TPSA) is 76.0 Å². The van der Waals surface area contributed by atoms with Gasteiger partial charge in [-0.25, -0.2) is 4.98 Å². The number of imidazole rings is 1. The number of nitrogens with zero attached hydrogens (tertiary/aromatic N) is 2. The summed E-state index contributed by atoms with van der Waals surface area (Å²) in [6.07, 6.45) is -1.39. The average molecular weight is 394 g/mol. The van der Waals surface area contributed by atoms with Gasteiger partial charge in [-0.1, -0.05) is 13.0 Å². The van der Waals surface area contributed by atoms with Gasteiger partial charge in [0, 0.05) is 18.8 Å². The Morgan fingerprint density at radius 3 is 2.71 bits per heavy atom. The second kappa shape index (κ2) is 8.04. The molecule has 0 saturated heterocycles. The summed E-state index contributed by atoms with van der Waals surface area (Å²) >= 11 is 0. The van der Waals surface area contributed by atoms with Crippen LogP contribution in [0, 0.1) is 0 Å². The smallest absolute Gasteiger partial charge is 0.351 e. The largest absolute Gasteiger partial charge is 0.416 e. The number of benzene rings is 1. The maximum atomic E-state index is 12.9. The Kier molecular flexibility index (Phi) is 5.71. The minimum Gasteiger partial charge on any atom is -0.351 e. The van der Waals surface area contributed by atoms with Crippen LogP contribution in [0.1, 0.15) is 58.6 Å². The van der Waals surface area contributed by atoms with Gasteiger partial charge in [0.15, 0.2) is 5.82 Å². The van der Waals surface area contributed by atoms with Crippen LogP contribution in [0.25, 0.3) is 0 Å². The zero-order valence-electron chi connectivity index (χ0n) is 15.4. The van der Waals surface area contributed by atoms with Gasteiger partial charge in [0.2, 0.25) is 0 Å². The summed E-state index contributed by atoms with van der Waals surface area (Å²) in [6.45, 7) is 2.96. The second-order valence-electron chi connectivity index (χ2n) is 6.63. The van der Waals surface area contributed by atoms with Crippen molar-refractivity contribution in [2.45, 2.75) is 45.3 Å². The van der Waals surface area contributed by atoms with E-state index in [2.05, 4.69) is 15.6 Å². The van der Waals surface area contributed by atoms with E-state index in [-0.39, 0.29) is 23.1 Å². The molecule has 0 atom stereocenters. The molecule has 0 saturated carbocycles. The molecule has 0 aliphatic carbocycles. The molecule has 2 heterocycles. The van der Waals surface area contributed by atoms with Gasteiger partial charge in [0.05, 0.1) is 11.3 Å². The molecule has 2 N–H and O–H groups in total. The molecular formula is C19H21F3N4O2. The fourth-order valence-electron chi connectivity index (χ4n) is 3.18. The highest BCUT2D eigenvalue weighted by Crippen LogP contribution is 2.31. The van der Waals surface area contributed by atoms with E-state index >= 15 is 0 Å². The Balaban J connectivity index is 1.88. The number of alkyl halides is 3. The monoisotopic (exact) mass is 394 g/mol. The number of rotatable bonds is 5. The van der Waals surface area contributed by atoms with Crippen molar-refractivity contribution in [2.24, 2.45) is 0 Å². The number of aromatic nitrogens is 2. The summed E-state index contributed by atoms with van der Waals surface area (Å²) in [5.74, 6) is -0.948. The second-order valence-corrected chi connectivity index (χ2v) is 6.63. The van der Waals surface area contributed by atoms with E-state index in [1.54, 1.807) is 4.57 Å². The number of hydrogen-bond donors (Lipinski definition) is 2. The Bertz CT molecular complexity index is 890. The van der Waals surface area contributed by atoms with Crippen LogP contribution in [-0.2, 0) is 19.1 Å². The van der Waals surface area contributed by atoms with E-state index in [0.29, 0.717) is 25.2 Å². The summed E-state index contributed by atoms with van der Waals surface area (Å²) in [6, 6.07) is 4.40. The summed E-state index contributed by atoms with van der Waals surface area (Å²) in [7, 11) is 0. The quantitative estimate of drug-likeness (QED) is 0.813. The maximum absolute atomic E-state index is 12.9. The first-order valence-corrected chi connectivity index (χ1v) is 9.17. The lowest BCUT2D eigenvalue weighted by atomic mass is 10.1. The Labute approximate surface area is 160 Å². The molecule has 2 aromatic rings. The molecule has 28 heavy (non-hydrogen) atoms. The molecule has 0 fully saturated rings. The lowest BCUT2D eigenvalue weighted by molar-refractivity contribution is -0.137. The molecule has 1 aliphatic rings. The van der Waals surface area contributed by atoms with E-state index < -0.39 is 17.6 Å². The average Bonchev–Trinajstić information content (AvgIpc) is 3.05. The van der Waals surface area contributed by atoms with Gasteiger partial charge in [-0.15, -0.1) is 0 Å². The van der Waals surface area contributed by atoms with E-state index in [9.17, 15) is 22.8 Å².